The van der Waals surface area contributed by atoms with E-state index < -0.39 is 0 Å². The van der Waals surface area contributed by atoms with Gasteiger partial charge in [0.25, 0.3) is 0 Å². The van der Waals surface area contributed by atoms with Crippen LogP contribution < -0.4 is 10.5 Å². The van der Waals surface area contributed by atoms with E-state index in [-0.39, 0.29) is 0 Å². The molecule has 1 aromatic rings. The highest BCUT2D eigenvalue weighted by molar-refractivity contribution is 6.30. The molecule has 3 heteroatoms. The summed E-state index contributed by atoms with van der Waals surface area (Å²) in [5.74, 6) is 1.33. The summed E-state index contributed by atoms with van der Waals surface area (Å²) >= 11 is 5.86. The molecule has 0 aliphatic carbocycles. The van der Waals surface area contributed by atoms with Crippen molar-refractivity contribution in [1.29, 1.82) is 0 Å². The number of ether oxygens (including phenoxy) is 1. The minimum atomic E-state index is 0.431. The lowest BCUT2D eigenvalue weighted by molar-refractivity contribution is 0.269. The van der Waals surface area contributed by atoms with E-state index in [0.29, 0.717) is 12.5 Å². The highest BCUT2D eigenvalue weighted by atomic mass is 35.5. The van der Waals surface area contributed by atoms with Crippen LogP contribution in [0.25, 0.3) is 0 Å². The Balaban J connectivity index is 2.40. The first-order chi connectivity index (χ1) is 6.31. The van der Waals surface area contributed by atoms with Crippen LogP contribution in [-0.4, -0.2) is 13.2 Å². The van der Waals surface area contributed by atoms with Crippen molar-refractivity contribution in [1.82, 2.24) is 0 Å². The minimum absolute atomic E-state index is 0.431. The van der Waals surface area contributed by atoms with Gasteiger partial charge >= 0.3 is 0 Å². The molecule has 1 aliphatic heterocycles. The highest BCUT2D eigenvalue weighted by Crippen LogP contribution is 2.34. The van der Waals surface area contributed by atoms with E-state index in [4.69, 9.17) is 22.1 Å². The van der Waals surface area contributed by atoms with Gasteiger partial charge in [-0.2, -0.15) is 0 Å². The molecular weight excluding hydrogens is 186 g/mol. The van der Waals surface area contributed by atoms with E-state index in [1.807, 2.05) is 18.2 Å². The fraction of sp³-hybridized carbons (Fsp3) is 0.400. The SMILES string of the molecule is NCC1CCOc2cc(Cl)ccc21. The van der Waals surface area contributed by atoms with Gasteiger partial charge in [-0.3, -0.25) is 0 Å². The first kappa shape index (κ1) is 8.85. The van der Waals surface area contributed by atoms with Crippen molar-refractivity contribution in [2.45, 2.75) is 12.3 Å². The summed E-state index contributed by atoms with van der Waals surface area (Å²) in [6.07, 6.45) is 1.01. The van der Waals surface area contributed by atoms with E-state index in [0.717, 1.165) is 23.8 Å². The van der Waals surface area contributed by atoms with Crippen molar-refractivity contribution in [3.63, 3.8) is 0 Å². The maximum absolute atomic E-state index is 5.86. The monoisotopic (exact) mass is 197 g/mol. The van der Waals surface area contributed by atoms with Crippen LogP contribution in [0, 0.1) is 0 Å². The van der Waals surface area contributed by atoms with Crippen LogP contribution in [0.2, 0.25) is 5.02 Å². The second-order valence-corrected chi connectivity index (χ2v) is 3.69. The van der Waals surface area contributed by atoms with Gasteiger partial charge in [0.05, 0.1) is 6.61 Å². The second-order valence-electron chi connectivity index (χ2n) is 3.25. The van der Waals surface area contributed by atoms with Crippen molar-refractivity contribution in [2.75, 3.05) is 13.2 Å². The van der Waals surface area contributed by atoms with Crippen LogP contribution >= 0.6 is 11.6 Å². The molecule has 2 nitrogen and oxygen atoms in total. The van der Waals surface area contributed by atoms with Gasteiger partial charge in [-0.25, -0.2) is 0 Å². The molecule has 0 saturated carbocycles. The largest absolute Gasteiger partial charge is 0.493 e. The van der Waals surface area contributed by atoms with Gasteiger partial charge in [0.1, 0.15) is 5.75 Å². The van der Waals surface area contributed by atoms with Crippen molar-refractivity contribution in [3.8, 4) is 5.75 Å². The van der Waals surface area contributed by atoms with Gasteiger partial charge < -0.3 is 10.5 Å². The summed E-state index contributed by atoms with van der Waals surface area (Å²) in [5.41, 5.74) is 6.86. The van der Waals surface area contributed by atoms with Gasteiger partial charge in [-0.05, 0) is 30.7 Å². The van der Waals surface area contributed by atoms with Crippen LogP contribution in [0.3, 0.4) is 0 Å². The fourth-order valence-electron chi connectivity index (χ4n) is 1.68. The van der Waals surface area contributed by atoms with Crippen molar-refractivity contribution in [2.24, 2.45) is 5.73 Å². The maximum atomic E-state index is 5.86. The summed E-state index contributed by atoms with van der Waals surface area (Å²) < 4.78 is 5.50. The zero-order valence-electron chi connectivity index (χ0n) is 7.29. The molecular formula is C10H12ClNO. The van der Waals surface area contributed by atoms with Crippen LogP contribution in [0.1, 0.15) is 17.9 Å². The molecule has 2 rings (SSSR count). The third-order valence-corrected chi connectivity index (χ3v) is 2.66. The number of hydrogen-bond acceptors (Lipinski definition) is 2. The summed E-state index contributed by atoms with van der Waals surface area (Å²) in [6.45, 7) is 1.42. The number of fused-ring (bicyclic) bond motifs is 1. The predicted molar refractivity (Wildman–Crippen MR) is 53.4 cm³/mol. The Labute approximate surface area is 82.6 Å². The van der Waals surface area contributed by atoms with E-state index in [1.165, 1.54) is 5.56 Å². The lowest BCUT2D eigenvalue weighted by Crippen LogP contribution is -2.20. The molecule has 0 amide bonds. The lowest BCUT2D eigenvalue weighted by atomic mass is 9.93. The summed E-state index contributed by atoms with van der Waals surface area (Å²) in [4.78, 5) is 0. The third-order valence-electron chi connectivity index (χ3n) is 2.42. The van der Waals surface area contributed by atoms with Gasteiger partial charge in [0.2, 0.25) is 0 Å². The normalized spacial score (nSPS) is 20.6. The molecule has 1 atom stereocenters. The number of hydrogen-bond donors (Lipinski definition) is 1. The first-order valence-corrected chi connectivity index (χ1v) is 4.81. The topological polar surface area (TPSA) is 35.2 Å². The molecule has 0 aromatic heterocycles. The molecule has 1 aliphatic rings. The van der Waals surface area contributed by atoms with Crippen LogP contribution in [0.15, 0.2) is 18.2 Å². The van der Waals surface area contributed by atoms with Crippen molar-refractivity contribution in [3.05, 3.63) is 28.8 Å². The molecule has 70 valence electrons. The highest BCUT2D eigenvalue weighted by Gasteiger charge is 2.19. The van der Waals surface area contributed by atoms with Gasteiger partial charge in [-0.1, -0.05) is 17.7 Å². The molecule has 2 N–H and O–H groups in total. The standard InChI is InChI=1S/C10H12ClNO/c11-8-1-2-9-7(6-12)3-4-13-10(9)5-8/h1-2,5,7H,3-4,6,12H2. The quantitative estimate of drug-likeness (QED) is 0.749. The molecule has 1 unspecified atom stereocenters. The smallest absolute Gasteiger partial charge is 0.124 e. The van der Waals surface area contributed by atoms with Crippen LogP contribution in [0.5, 0.6) is 5.75 Å². The summed E-state index contributed by atoms with van der Waals surface area (Å²) in [7, 11) is 0. The van der Waals surface area contributed by atoms with Crippen molar-refractivity contribution < 1.29 is 4.74 Å². The molecule has 13 heavy (non-hydrogen) atoms. The van der Waals surface area contributed by atoms with Crippen LogP contribution in [0.4, 0.5) is 0 Å². The first-order valence-electron chi connectivity index (χ1n) is 4.43. The van der Waals surface area contributed by atoms with Gasteiger partial charge in [0, 0.05) is 10.9 Å². The minimum Gasteiger partial charge on any atom is -0.493 e. The van der Waals surface area contributed by atoms with E-state index in [2.05, 4.69) is 0 Å². The second kappa shape index (κ2) is 3.56. The Kier molecular flexibility index (Phi) is 2.42. The Morgan fingerprint density at radius 2 is 2.38 bits per heavy atom. The zero-order chi connectivity index (χ0) is 9.26. The van der Waals surface area contributed by atoms with E-state index >= 15 is 0 Å². The molecule has 0 spiro atoms. The van der Waals surface area contributed by atoms with Crippen LogP contribution in [-0.2, 0) is 0 Å². The number of rotatable bonds is 1. The Hall–Kier alpha value is -0.730. The maximum Gasteiger partial charge on any atom is 0.124 e. The molecule has 0 radical (unpaired) electrons. The number of nitrogens with two attached hydrogens (primary N) is 1. The molecule has 0 fully saturated rings. The van der Waals surface area contributed by atoms with E-state index in [9.17, 15) is 0 Å². The zero-order valence-corrected chi connectivity index (χ0v) is 8.05. The Bertz CT molecular complexity index is 314. The van der Waals surface area contributed by atoms with E-state index in [1.54, 1.807) is 0 Å². The van der Waals surface area contributed by atoms with Gasteiger partial charge in [-0.15, -0.1) is 0 Å². The van der Waals surface area contributed by atoms with Gasteiger partial charge in [0.15, 0.2) is 0 Å². The summed E-state index contributed by atoms with van der Waals surface area (Å²) in [6, 6.07) is 5.75. The molecule has 1 aromatic carbocycles. The lowest BCUT2D eigenvalue weighted by Gasteiger charge is -2.24. The summed E-state index contributed by atoms with van der Waals surface area (Å²) in [5, 5.41) is 0.719. The predicted octanol–water partition coefficient (Wildman–Crippen LogP) is 2.16. The third kappa shape index (κ3) is 1.64. The average Bonchev–Trinajstić information content (AvgIpc) is 2.16. The number of halogens is 1. The molecule has 1 heterocycles. The average molecular weight is 198 g/mol. The van der Waals surface area contributed by atoms with Crippen molar-refractivity contribution >= 4 is 11.6 Å². The molecule has 0 saturated heterocycles. The molecule has 0 bridgehead atoms. The fourth-order valence-corrected chi connectivity index (χ4v) is 1.84. The number of benzene rings is 1. The Morgan fingerprint density at radius 1 is 1.54 bits per heavy atom. The Morgan fingerprint density at radius 3 is 3.15 bits per heavy atom.